The summed E-state index contributed by atoms with van der Waals surface area (Å²) in [6.45, 7) is 4.34. The molecule has 0 saturated carbocycles. The topological polar surface area (TPSA) is 20.2 Å². The first-order valence-electron chi connectivity index (χ1n) is 6.60. The minimum Gasteiger partial charge on any atom is -0.384 e. The van der Waals surface area contributed by atoms with E-state index in [9.17, 15) is 0 Å². The van der Waals surface area contributed by atoms with E-state index in [2.05, 4.69) is 56.0 Å². The molecule has 0 saturated heterocycles. The minimum atomic E-state index is -0.0792. The van der Waals surface area contributed by atoms with Gasteiger partial charge in [-0.05, 0) is 35.7 Å². The van der Waals surface area contributed by atoms with Gasteiger partial charge in [-0.2, -0.15) is 0 Å². The first-order chi connectivity index (χ1) is 9.69. The maximum atomic E-state index is 8.67. The number of hydrogen-bond acceptors (Lipinski definition) is 3. The van der Waals surface area contributed by atoms with Crippen molar-refractivity contribution < 1.29 is 5.11 Å². The van der Waals surface area contributed by atoms with Gasteiger partial charge in [-0.1, -0.05) is 37.8 Å². The Balaban J connectivity index is 1.93. The number of thiophene rings is 1. The van der Waals surface area contributed by atoms with Crippen LogP contribution >= 0.6 is 23.1 Å². The van der Waals surface area contributed by atoms with E-state index in [1.165, 1.54) is 15.3 Å². The minimum absolute atomic E-state index is 0.0792. The third-order valence-electron chi connectivity index (χ3n) is 2.88. The lowest BCUT2D eigenvalue weighted by molar-refractivity contribution is 0.350. The van der Waals surface area contributed by atoms with Crippen LogP contribution in [0.2, 0.25) is 0 Å². The second-order valence-corrected chi connectivity index (χ2v) is 6.96. The van der Waals surface area contributed by atoms with Crippen LogP contribution in [0.5, 0.6) is 0 Å². The molecule has 0 aliphatic heterocycles. The Morgan fingerprint density at radius 3 is 2.55 bits per heavy atom. The van der Waals surface area contributed by atoms with Crippen molar-refractivity contribution in [3.05, 3.63) is 51.7 Å². The number of benzene rings is 1. The van der Waals surface area contributed by atoms with Gasteiger partial charge in [0.2, 0.25) is 0 Å². The molecule has 104 valence electrons. The van der Waals surface area contributed by atoms with E-state index in [1.54, 1.807) is 11.3 Å². The van der Waals surface area contributed by atoms with E-state index in [0.29, 0.717) is 5.92 Å². The molecule has 1 nitrogen and oxygen atoms in total. The predicted octanol–water partition coefficient (Wildman–Crippen LogP) is 4.51. The second-order valence-electron chi connectivity index (χ2n) is 4.74. The largest absolute Gasteiger partial charge is 0.384 e. The van der Waals surface area contributed by atoms with E-state index >= 15 is 0 Å². The average molecular weight is 302 g/mol. The molecule has 0 bridgehead atoms. The molecule has 3 heteroatoms. The standard InChI is InChI=1S/C17H18OS2/c1-13(2)14-5-7-15(8-6-14)19-12-17-10-9-16(20-17)4-3-11-18/h5-10,13,18H,11-12H2,1-2H3. The Bertz CT molecular complexity index is 600. The van der Waals surface area contributed by atoms with Crippen molar-refractivity contribution in [1.82, 2.24) is 0 Å². The molecule has 0 atom stereocenters. The van der Waals surface area contributed by atoms with Crippen LogP contribution in [0.4, 0.5) is 0 Å². The molecule has 1 aromatic carbocycles. The van der Waals surface area contributed by atoms with Gasteiger partial charge >= 0.3 is 0 Å². The number of aliphatic hydroxyl groups is 1. The van der Waals surface area contributed by atoms with Gasteiger partial charge in [0, 0.05) is 15.5 Å². The van der Waals surface area contributed by atoms with Gasteiger partial charge in [-0.25, -0.2) is 0 Å². The maximum absolute atomic E-state index is 8.67. The summed E-state index contributed by atoms with van der Waals surface area (Å²) < 4.78 is 0. The van der Waals surface area contributed by atoms with E-state index in [0.717, 1.165) is 10.6 Å². The third-order valence-corrected chi connectivity index (χ3v) is 5.12. The molecule has 2 rings (SSSR count). The summed E-state index contributed by atoms with van der Waals surface area (Å²) in [7, 11) is 0. The summed E-state index contributed by atoms with van der Waals surface area (Å²) in [5.41, 5.74) is 1.38. The molecular weight excluding hydrogens is 284 g/mol. The van der Waals surface area contributed by atoms with Crippen molar-refractivity contribution in [3.63, 3.8) is 0 Å². The fourth-order valence-corrected chi connectivity index (χ4v) is 3.58. The average Bonchev–Trinajstić information content (AvgIpc) is 2.91. The Kier molecular flexibility index (Phi) is 5.72. The zero-order valence-corrected chi connectivity index (χ0v) is 13.4. The SMILES string of the molecule is CC(C)c1ccc(SCc2ccc(C#CCO)s2)cc1. The molecular formula is C17H18OS2. The third kappa shape index (κ3) is 4.42. The van der Waals surface area contributed by atoms with Gasteiger partial charge in [-0.3, -0.25) is 0 Å². The highest BCUT2D eigenvalue weighted by atomic mass is 32.2. The zero-order chi connectivity index (χ0) is 14.4. The summed E-state index contributed by atoms with van der Waals surface area (Å²) in [4.78, 5) is 3.63. The van der Waals surface area contributed by atoms with Crippen molar-refractivity contribution in [2.24, 2.45) is 0 Å². The fourth-order valence-electron chi connectivity index (χ4n) is 1.75. The van der Waals surface area contributed by atoms with E-state index in [1.807, 2.05) is 17.8 Å². The van der Waals surface area contributed by atoms with E-state index in [4.69, 9.17) is 5.11 Å². The molecule has 0 unspecified atom stereocenters. The van der Waals surface area contributed by atoms with Crippen molar-refractivity contribution in [2.45, 2.75) is 30.4 Å². The molecule has 1 N–H and O–H groups in total. The summed E-state index contributed by atoms with van der Waals surface area (Å²) in [6.07, 6.45) is 0. The van der Waals surface area contributed by atoms with Crippen molar-refractivity contribution in [3.8, 4) is 11.8 Å². The van der Waals surface area contributed by atoms with Crippen molar-refractivity contribution in [2.75, 3.05) is 6.61 Å². The number of aliphatic hydroxyl groups excluding tert-OH is 1. The maximum Gasteiger partial charge on any atom is 0.104 e. The van der Waals surface area contributed by atoms with Gasteiger partial charge in [-0.15, -0.1) is 23.1 Å². The highest BCUT2D eigenvalue weighted by Gasteiger charge is 2.02. The predicted molar refractivity (Wildman–Crippen MR) is 88.4 cm³/mol. The number of hydrogen-bond donors (Lipinski definition) is 1. The molecule has 0 radical (unpaired) electrons. The van der Waals surface area contributed by atoms with Gasteiger partial charge < -0.3 is 5.11 Å². The molecule has 20 heavy (non-hydrogen) atoms. The summed E-state index contributed by atoms with van der Waals surface area (Å²) >= 11 is 3.54. The van der Waals surface area contributed by atoms with E-state index in [-0.39, 0.29) is 6.61 Å². The van der Waals surface area contributed by atoms with Gasteiger partial charge in [0.05, 0.1) is 4.88 Å². The smallest absolute Gasteiger partial charge is 0.104 e. The van der Waals surface area contributed by atoms with Crippen LogP contribution in [0.25, 0.3) is 0 Å². The van der Waals surface area contributed by atoms with Crippen LogP contribution in [-0.4, -0.2) is 11.7 Å². The second kappa shape index (κ2) is 7.54. The number of rotatable bonds is 4. The first-order valence-corrected chi connectivity index (χ1v) is 8.40. The van der Waals surface area contributed by atoms with Crippen molar-refractivity contribution >= 4 is 23.1 Å². The van der Waals surface area contributed by atoms with Crippen LogP contribution in [0.1, 0.15) is 35.1 Å². The van der Waals surface area contributed by atoms with Gasteiger partial charge in [0.15, 0.2) is 0 Å². The zero-order valence-electron chi connectivity index (χ0n) is 11.7. The lowest BCUT2D eigenvalue weighted by Gasteiger charge is -2.06. The van der Waals surface area contributed by atoms with Crippen LogP contribution in [0, 0.1) is 11.8 Å². The molecule has 0 spiro atoms. The molecule has 1 heterocycles. The quantitative estimate of drug-likeness (QED) is 0.662. The molecule has 0 amide bonds. The molecule has 2 aromatic rings. The Morgan fingerprint density at radius 2 is 1.90 bits per heavy atom. The monoisotopic (exact) mass is 302 g/mol. The Morgan fingerprint density at radius 1 is 1.15 bits per heavy atom. The Hall–Kier alpha value is -1.21. The Labute approximate surface area is 129 Å². The van der Waals surface area contributed by atoms with E-state index < -0.39 is 0 Å². The van der Waals surface area contributed by atoms with Gasteiger partial charge in [0.1, 0.15) is 6.61 Å². The summed E-state index contributed by atoms with van der Waals surface area (Å²) in [5, 5.41) is 8.67. The van der Waals surface area contributed by atoms with Crippen LogP contribution in [0.3, 0.4) is 0 Å². The normalized spacial score (nSPS) is 10.4. The summed E-state index contributed by atoms with van der Waals surface area (Å²) in [5.74, 6) is 7.17. The highest BCUT2D eigenvalue weighted by Crippen LogP contribution is 2.27. The first kappa shape index (κ1) is 15.2. The molecule has 1 aromatic heterocycles. The molecule has 0 fully saturated rings. The summed E-state index contributed by atoms with van der Waals surface area (Å²) in [6, 6.07) is 12.9. The lowest BCUT2D eigenvalue weighted by Crippen LogP contribution is -1.85. The van der Waals surface area contributed by atoms with Crippen LogP contribution in [-0.2, 0) is 5.75 Å². The molecule has 0 aliphatic carbocycles. The van der Waals surface area contributed by atoms with Crippen LogP contribution in [0.15, 0.2) is 41.3 Å². The molecule has 0 aliphatic rings. The highest BCUT2D eigenvalue weighted by molar-refractivity contribution is 7.98. The van der Waals surface area contributed by atoms with Crippen LogP contribution < -0.4 is 0 Å². The van der Waals surface area contributed by atoms with Gasteiger partial charge in [0.25, 0.3) is 0 Å². The van der Waals surface area contributed by atoms with Crippen molar-refractivity contribution in [1.29, 1.82) is 0 Å². The fraction of sp³-hybridized carbons (Fsp3) is 0.294. The number of thioether (sulfide) groups is 1. The lowest BCUT2D eigenvalue weighted by atomic mass is 10.0.